The summed E-state index contributed by atoms with van der Waals surface area (Å²) in [6, 6.07) is 7.02. The molecular weight excluding hydrogens is 354 g/mol. The van der Waals surface area contributed by atoms with E-state index in [1.54, 1.807) is 17.0 Å². The molecule has 0 aromatic heterocycles. The Morgan fingerprint density at radius 2 is 2.00 bits per heavy atom. The number of carbonyl (C=O) groups is 1. The minimum atomic E-state index is -2.99. The average molecular weight is 374 g/mol. The van der Waals surface area contributed by atoms with Gasteiger partial charge in [0.15, 0.2) is 9.84 Å². The summed E-state index contributed by atoms with van der Waals surface area (Å²) < 4.78 is 24.3. The van der Waals surface area contributed by atoms with Crippen molar-refractivity contribution in [3.8, 4) is 0 Å². The number of unbranched alkanes of at least 4 members (excludes halogenated alkanes) is 1. The minimum Gasteiger partial charge on any atom is -0.335 e. The van der Waals surface area contributed by atoms with Crippen molar-refractivity contribution in [1.29, 1.82) is 0 Å². The lowest BCUT2D eigenvalue weighted by atomic mass is 10.1. The van der Waals surface area contributed by atoms with Gasteiger partial charge in [-0.1, -0.05) is 29.3 Å². The van der Waals surface area contributed by atoms with Gasteiger partial charge in [-0.3, -0.25) is 4.79 Å². The van der Waals surface area contributed by atoms with Crippen LogP contribution in [0.25, 0.3) is 0 Å². The van der Waals surface area contributed by atoms with E-state index in [9.17, 15) is 13.2 Å². The van der Waals surface area contributed by atoms with E-state index in [2.05, 4.69) is 22.9 Å². The average Bonchev–Trinajstić information content (AvgIpc) is 2.80. The molecule has 21 heavy (non-hydrogen) atoms. The Labute approximate surface area is 134 Å². The zero-order valence-corrected chi connectivity index (χ0v) is 14.5. The topological polar surface area (TPSA) is 54.5 Å². The molecule has 1 aromatic carbocycles. The predicted molar refractivity (Wildman–Crippen MR) is 87.1 cm³/mol. The third-order valence-electron chi connectivity index (χ3n) is 3.75. The summed E-state index contributed by atoms with van der Waals surface area (Å²) >= 11 is 3.35. The molecule has 1 atom stereocenters. The maximum Gasteiger partial charge on any atom is 0.254 e. The molecule has 1 aliphatic rings. The lowest BCUT2D eigenvalue weighted by molar-refractivity contribution is 0.0694. The summed E-state index contributed by atoms with van der Waals surface area (Å²) in [6.07, 6.45) is 2.41. The van der Waals surface area contributed by atoms with Gasteiger partial charge in [0, 0.05) is 22.6 Å². The van der Waals surface area contributed by atoms with E-state index in [0.717, 1.165) is 17.3 Å². The molecule has 0 N–H and O–H groups in total. The lowest BCUT2D eigenvalue weighted by Gasteiger charge is -2.28. The summed E-state index contributed by atoms with van der Waals surface area (Å²) in [7, 11) is -2.99. The van der Waals surface area contributed by atoms with Gasteiger partial charge in [0.2, 0.25) is 0 Å². The smallest absolute Gasteiger partial charge is 0.254 e. The lowest BCUT2D eigenvalue weighted by Crippen LogP contribution is -2.41. The Kier molecular flexibility index (Phi) is 5.43. The fraction of sp³-hybridized carbons (Fsp3) is 0.533. The Hall–Kier alpha value is -0.880. The Morgan fingerprint density at radius 3 is 2.52 bits per heavy atom. The van der Waals surface area contributed by atoms with Crippen LogP contribution in [-0.2, 0) is 9.84 Å². The van der Waals surface area contributed by atoms with E-state index in [0.29, 0.717) is 18.5 Å². The first-order valence-electron chi connectivity index (χ1n) is 7.20. The highest BCUT2D eigenvalue weighted by atomic mass is 79.9. The van der Waals surface area contributed by atoms with Gasteiger partial charge in [-0.05, 0) is 37.1 Å². The summed E-state index contributed by atoms with van der Waals surface area (Å²) in [4.78, 5) is 14.4. The third-order valence-corrected chi connectivity index (χ3v) is 6.03. The second-order valence-corrected chi connectivity index (χ2v) is 8.56. The molecule has 0 radical (unpaired) electrons. The fourth-order valence-electron chi connectivity index (χ4n) is 2.56. The molecule has 1 aliphatic heterocycles. The van der Waals surface area contributed by atoms with Crippen molar-refractivity contribution >= 4 is 31.7 Å². The molecule has 1 fully saturated rings. The van der Waals surface area contributed by atoms with Crippen molar-refractivity contribution in [2.24, 2.45) is 0 Å². The molecule has 0 aliphatic carbocycles. The standard InChI is InChI=1S/C15H20BrNO3S/c1-2-3-9-17(14-8-10-21(19,20)11-14)15(18)12-4-6-13(16)7-5-12/h4-7,14H,2-3,8-11H2,1H3/t14-/m0/s1. The first-order valence-corrected chi connectivity index (χ1v) is 9.81. The molecule has 0 bridgehead atoms. The number of rotatable bonds is 5. The zero-order chi connectivity index (χ0) is 15.5. The number of hydrogen-bond donors (Lipinski definition) is 0. The number of nitrogens with zero attached hydrogens (tertiary/aromatic N) is 1. The monoisotopic (exact) mass is 373 g/mol. The second-order valence-electron chi connectivity index (χ2n) is 5.42. The number of benzene rings is 1. The number of amides is 1. The van der Waals surface area contributed by atoms with E-state index in [-0.39, 0.29) is 23.5 Å². The van der Waals surface area contributed by atoms with E-state index in [1.807, 2.05) is 12.1 Å². The summed E-state index contributed by atoms with van der Waals surface area (Å²) in [5.74, 6) is 0.213. The first-order chi connectivity index (χ1) is 9.93. The van der Waals surface area contributed by atoms with Gasteiger partial charge in [0.05, 0.1) is 11.5 Å². The summed E-state index contributed by atoms with van der Waals surface area (Å²) in [5, 5.41) is 0. The molecule has 1 heterocycles. The second kappa shape index (κ2) is 6.92. The van der Waals surface area contributed by atoms with Crippen LogP contribution in [0.5, 0.6) is 0 Å². The molecule has 2 rings (SSSR count). The van der Waals surface area contributed by atoms with Crippen LogP contribution in [0.3, 0.4) is 0 Å². The van der Waals surface area contributed by atoms with Crippen molar-refractivity contribution in [2.45, 2.75) is 32.2 Å². The zero-order valence-electron chi connectivity index (χ0n) is 12.1. The molecule has 0 saturated carbocycles. The van der Waals surface area contributed by atoms with Crippen LogP contribution in [-0.4, -0.2) is 43.3 Å². The third kappa shape index (κ3) is 4.30. The maximum absolute atomic E-state index is 12.7. The van der Waals surface area contributed by atoms with E-state index in [4.69, 9.17) is 0 Å². The van der Waals surface area contributed by atoms with Crippen molar-refractivity contribution < 1.29 is 13.2 Å². The molecule has 116 valence electrons. The quantitative estimate of drug-likeness (QED) is 0.797. The maximum atomic E-state index is 12.7. The van der Waals surface area contributed by atoms with Gasteiger partial charge in [-0.2, -0.15) is 0 Å². The van der Waals surface area contributed by atoms with Gasteiger partial charge in [0.1, 0.15) is 0 Å². The predicted octanol–water partition coefficient (Wildman–Crippen LogP) is 2.88. The molecule has 6 heteroatoms. The SMILES string of the molecule is CCCCN(C(=O)c1ccc(Br)cc1)[C@H]1CCS(=O)(=O)C1. The highest BCUT2D eigenvalue weighted by Gasteiger charge is 2.34. The number of hydrogen-bond acceptors (Lipinski definition) is 3. The number of sulfone groups is 1. The van der Waals surface area contributed by atoms with Crippen LogP contribution in [0.4, 0.5) is 0 Å². The van der Waals surface area contributed by atoms with Gasteiger partial charge in [-0.15, -0.1) is 0 Å². The van der Waals surface area contributed by atoms with Crippen molar-refractivity contribution in [3.63, 3.8) is 0 Å². The molecule has 0 unspecified atom stereocenters. The molecular formula is C15H20BrNO3S. The highest BCUT2D eigenvalue weighted by Crippen LogP contribution is 2.21. The Balaban J connectivity index is 2.19. The van der Waals surface area contributed by atoms with E-state index >= 15 is 0 Å². The van der Waals surface area contributed by atoms with Crippen molar-refractivity contribution in [3.05, 3.63) is 34.3 Å². The van der Waals surface area contributed by atoms with Gasteiger partial charge in [-0.25, -0.2) is 8.42 Å². The van der Waals surface area contributed by atoms with Crippen LogP contribution in [0.2, 0.25) is 0 Å². The Morgan fingerprint density at radius 1 is 1.33 bits per heavy atom. The number of halogens is 1. The molecule has 1 saturated heterocycles. The summed E-state index contributed by atoms with van der Waals surface area (Å²) in [5.41, 5.74) is 0.610. The molecule has 4 nitrogen and oxygen atoms in total. The first kappa shape index (κ1) is 16.5. The van der Waals surface area contributed by atoms with Gasteiger partial charge < -0.3 is 4.90 Å². The molecule has 1 aromatic rings. The number of carbonyl (C=O) groups excluding carboxylic acids is 1. The van der Waals surface area contributed by atoms with Crippen LogP contribution in [0.15, 0.2) is 28.7 Å². The van der Waals surface area contributed by atoms with Crippen LogP contribution < -0.4 is 0 Å². The van der Waals surface area contributed by atoms with Gasteiger partial charge >= 0.3 is 0 Å². The van der Waals surface area contributed by atoms with E-state index in [1.165, 1.54) is 0 Å². The fourth-order valence-corrected chi connectivity index (χ4v) is 4.55. The molecule has 1 amide bonds. The van der Waals surface area contributed by atoms with E-state index < -0.39 is 9.84 Å². The summed E-state index contributed by atoms with van der Waals surface area (Å²) in [6.45, 7) is 2.68. The molecule has 0 spiro atoms. The van der Waals surface area contributed by atoms with Crippen LogP contribution in [0.1, 0.15) is 36.5 Å². The van der Waals surface area contributed by atoms with Crippen LogP contribution >= 0.6 is 15.9 Å². The van der Waals surface area contributed by atoms with Crippen molar-refractivity contribution in [1.82, 2.24) is 4.90 Å². The van der Waals surface area contributed by atoms with Gasteiger partial charge in [0.25, 0.3) is 5.91 Å². The Bertz CT molecular complexity index is 598. The van der Waals surface area contributed by atoms with Crippen molar-refractivity contribution in [2.75, 3.05) is 18.1 Å². The normalized spacial score (nSPS) is 20.4. The highest BCUT2D eigenvalue weighted by molar-refractivity contribution is 9.10. The minimum absolute atomic E-state index is 0.0712. The van der Waals surface area contributed by atoms with Crippen LogP contribution in [0, 0.1) is 0 Å². The largest absolute Gasteiger partial charge is 0.335 e.